The molecule has 4 nitrogen and oxygen atoms in total. The van der Waals surface area contributed by atoms with E-state index in [1.54, 1.807) is 0 Å². The first-order valence-corrected chi connectivity index (χ1v) is 11.5. The van der Waals surface area contributed by atoms with E-state index in [0.717, 1.165) is 27.6 Å². The monoisotopic (exact) mass is 456 g/mol. The highest BCUT2D eigenvalue weighted by Gasteiger charge is 2.08. The second kappa shape index (κ2) is 10.7. The number of fused-ring (bicyclic) bond motifs is 1. The Morgan fingerprint density at radius 3 is 2.31 bits per heavy atom. The van der Waals surface area contributed by atoms with Crippen LogP contribution < -0.4 is 0 Å². The molecule has 0 atom stereocenters. The Bertz CT molecular complexity index is 1490. The highest BCUT2D eigenvalue weighted by Crippen LogP contribution is 2.29. The fraction of sp³-hybridized carbons (Fsp3) is 0.0968. The summed E-state index contributed by atoms with van der Waals surface area (Å²) in [6, 6.07) is 24.8. The van der Waals surface area contributed by atoms with Gasteiger partial charge in [0.2, 0.25) is 0 Å². The zero-order valence-electron chi connectivity index (χ0n) is 20.3. The predicted octanol–water partition coefficient (Wildman–Crippen LogP) is 7.82. The number of aliphatic imine (C=N–C) groups is 2. The molecule has 0 unspecified atom stereocenters. The van der Waals surface area contributed by atoms with Crippen molar-refractivity contribution in [3.8, 4) is 22.3 Å². The van der Waals surface area contributed by atoms with Gasteiger partial charge in [-0.15, -0.1) is 0 Å². The van der Waals surface area contributed by atoms with Crippen LogP contribution in [0.25, 0.3) is 33.2 Å². The molecule has 4 heteroatoms. The van der Waals surface area contributed by atoms with E-state index in [1.165, 1.54) is 16.7 Å². The van der Waals surface area contributed by atoms with Gasteiger partial charge in [-0.1, -0.05) is 72.8 Å². The summed E-state index contributed by atoms with van der Waals surface area (Å²) < 4.78 is 0. The van der Waals surface area contributed by atoms with Gasteiger partial charge in [-0.25, -0.2) is 9.98 Å². The van der Waals surface area contributed by atoms with Crippen molar-refractivity contribution in [2.24, 2.45) is 9.98 Å². The van der Waals surface area contributed by atoms with Crippen LogP contribution in [-0.2, 0) is 0 Å². The van der Waals surface area contributed by atoms with Gasteiger partial charge in [-0.3, -0.25) is 10.4 Å². The lowest BCUT2D eigenvalue weighted by Gasteiger charge is -2.09. The van der Waals surface area contributed by atoms with E-state index in [-0.39, 0.29) is 5.84 Å². The third-order valence-corrected chi connectivity index (χ3v) is 5.91. The SMILES string of the molecule is C=NC(=NC(=N)c1ccc(-c2cnc3ccc(-c4ccccc4C)cc3c2)cc1)C(/C=C\C)=C/C. The smallest absolute Gasteiger partial charge is 0.160 e. The van der Waals surface area contributed by atoms with Crippen LogP contribution in [-0.4, -0.2) is 23.4 Å². The molecule has 0 amide bonds. The van der Waals surface area contributed by atoms with Crippen LogP contribution in [0.4, 0.5) is 0 Å². The standard InChI is InChI=1S/C31H28N4/c1-5-9-22(6-2)31(33-4)35-30(32)24-14-12-23(13-15-24)27-19-26-18-25(16-17-29(26)34-20-27)28-11-8-7-10-21(28)3/h5-20,32H,4H2,1-3H3/b9-5-,22-6+,32-30?,35-31?. The molecule has 0 bridgehead atoms. The molecule has 0 radical (unpaired) electrons. The summed E-state index contributed by atoms with van der Waals surface area (Å²) in [6.07, 6.45) is 7.61. The summed E-state index contributed by atoms with van der Waals surface area (Å²) in [7, 11) is 0. The van der Waals surface area contributed by atoms with Crippen molar-refractivity contribution in [3.63, 3.8) is 0 Å². The minimum Gasteiger partial charge on any atom is -0.282 e. The maximum Gasteiger partial charge on any atom is 0.160 e. The molecule has 0 saturated heterocycles. The van der Waals surface area contributed by atoms with Gasteiger partial charge in [0.25, 0.3) is 0 Å². The van der Waals surface area contributed by atoms with Gasteiger partial charge in [0.15, 0.2) is 11.7 Å². The number of amidine groups is 2. The summed E-state index contributed by atoms with van der Waals surface area (Å²) >= 11 is 0. The molecule has 4 rings (SSSR count). The normalized spacial score (nSPS) is 12.3. The van der Waals surface area contributed by atoms with Crippen LogP contribution in [0.15, 0.2) is 113 Å². The number of allylic oxidation sites excluding steroid dienone is 2. The molecule has 1 N–H and O–H groups in total. The molecule has 0 fully saturated rings. The summed E-state index contributed by atoms with van der Waals surface area (Å²) in [5, 5.41) is 9.52. The Balaban J connectivity index is 1.63. The number of pyridine rings is 1. The number of rotatable bonds is 5. The average molecular weight is 457 g/mol. The van der Waals surface area contributed by atoms with Crippen LogP contribution in [0.2, 0.25) is 0 Å². The van der Waals surface area contributed by atoms with Crippen LogP contribution in [0, 0.1) is 12.3 Å². The summed E-state index contributed by atoms with van der Waals surface area (Å²) in [5.41, 5.74) is 8.22. The highest BCUT2D eigenvalue weighted by atomic mass is 14.9. The first kappa shape index (κ1) is 23.7. The fourth-order valence-electron chi connectivity index (χ4n) is 4.02. The maximum absolute atomic E-state index is 8.43. The van der Waals surface area contributed by atoms with Crippen molar-refractivity contribution in [2.75, 3.05) is 0 Å². The van der Waals surface area contributed by atoms with Gasteiger partial charge in [-0.05, 0) is 67.9 Å². The van der Waals surface area contributed by atoms with E-state index in [2.05, 4.69) is 77.1 Å². The van der Waals surface area contributed by atoms with E-state index < -0.39 is 0 Å². The Labute approximate surface area is 206 Å². The molecule has 35 heavy (non-hydrogen) atoms. The lowest BCUT2D eigenvalue weighted by atomic mass is 9.98. The second-order valence-electron chi connectivity index (χ2n) is 8.21. The number of hydrogen-bond acceptors (Lipinski definition) is 2. The number of aryl methyl sites for hydroxylation is 1. The Hall–Kier alpha value is -4.44. The van der Waals surface area contributed by atoms with Gasteiger partial charge < -0.3 is 0 Å². The number of hydrogen-bond donors (Lipinski definition) is 1. The first-order chi connectivity index (χ1) is 17.0. The van der Waals surface area contributed by atoms with Crippen LogP contribution in [0.3, 0.4) is 0 Å². The molecule has 1 aromatic heterocycles. The average Bonchev–Trinajstić information content (AvgIpc) is 2.90. The maximum atomic E-state index is 8.43. The molecule has 1 heterocycles. The van der Waals surface area contributed by atoms with Crippen molar-refractivity contribution in [3.05, 3.63) is 114 Å². The van der Waals surface area contributed by atoms with Gasteiger partial charge in [0.1, 0.15) is 0 Å². The van der Waals surface area contributed by atoms with E-state index in [1.807, 2.05) is 62.5 Å². The predicted molar refractivity (Wildman–Crippen MR) is 150 cm³/mol. The quantitative estimate of drug-likeness (QED) is 0.186. The van der Waals surface area contributed by atoms with Crippen molar-refractivity contribution in [1.29, 1.82) is 5.41 Å². The first-order valence-electron chi connectivity index (χ1n) is 11.5. The lowest BCUT2D eigenvalue weighted by molar-refractivity contribution is 1.39. The number of benzene rings is 3. The third-order valence-electron chi connectivity index (χ3n) is 5.91. The van der Waals surface area contributed by atoms with Crippen LogP contribution in [0.5, 0.6) is 0 Å². The molecule has 172 valence electrons. The Morgan fingerprint density at radius 1 is 0.914 bits per heavy atom. The van der Waals surface area contributed by atoms with Crippen molar-refractivity contribution in [1.82, 2.24) is 4.98 Å². The number of nitrogens with one attached hydrogen (secondary N) is 1. The van der Waals surface area contributed by atoms with Crippen LogP contribution in [0.1, 0.15) is 25.0 Å². The Morgan fingerprint density at radius 2 is 1.63 bits per heavy atom. The number of aromatic nitrogens is 1. The molecular formula is C31H28N4. The molecule has 0 spiro atoms. The van der Waals surface area contributed by atoms with Crippen molar-refractivity contribution in [2.45, 2.75) is 20.8 Å². The van der Waals surface area contributed by atoms with Gasteiger partial charge in [0, 0.05) is 28.3 Å². The second-order valence-corrected chi connectivity index (χ2v) is 8.21. The van der Waals surface area contributed by atoms with Crippen LogP contribution >= 0.6 is 0 Å². The van der Waals surface area contributed by atoms with Gasteiger partial charge >= 0.3 is 0 Å². The van der Waals surface area contributed by atoms with Crippen molar-refractivity contribution >= 4 is 29.3 Å². The van der Waals surface area contributed by atoms with E-state index in [0.29, 0.717) is 11.4 Å². The highest BCUT2D eigenvalue weighted by molar-refractivity contribution is 6.12. The molecule has 0 aliphatic carbocycles. The summed E-state index contributed by atoms with van der Waals surface area (Å²) in [5.74, 6) is 0.574. The fourth-order valence-corrected chi connectivity index (χ4v) is 4.02. The lowest BCUT2D eigenvalue weighted by Crippen LogP contribution is -2.03. The van der Waals surface area contributed by atoms with E-state index >= 15 is 0 Å². The summed E-state index contributed by atoms with van der Waals surface area (Å²) in [6.45, 7) is 9.58. The Kier molecular flexibility index (Phi) is 7.22. The molecule has 0 aliphatic heterocycles. The zero-order valence-corrected chi connectivity index (χ0v) is 20.3. The molecule has 3 aromatic carbocycles. The summed E-state index contributed by atoms with van der Waals surface area (Å²) in [4.78, 5) is 13.1. The van der Waals surface area contributed by atoms with Crippen molar-refractivity contribution < 1.29 is 0 Å². The minimum atomic E-state index is 0.141. The zero-order chi connectivity index (χ0) is 24.8. The van der Waals surface area contributed by atoms with E-state index in [9.17, 15) is 0 Å². The third kappa shape index (κ3) is 5.22. The van der Waals surface area contributed by atoms with E-state index in [4.69, 9.17) is 5.41 Å². The van der Waals surface area contributed by atoms with Gasteiger partial charge in [0.05, 0.1) is 5.52 Å². The minimum absolute atomic E-state index is 0.141. The topological polar surface area (TPSA) is 61.5 Å². The molecular weight excluding hydrogens is 428 g/mol. The molecule has 0 saturated carbocycles. The molecule has 4 aromatic rings. The van der Waals surface area contributed by atoms with Gasteiger partial charge in [-0.2, -0.15) is 0 Å². The molecule has 0 aliphatic rings. The largest absolute Gasteiger partial charge is 0.282 e. The number of nitrogens with zero attached hydrogens (tertiary/aromatic N) is 3.